The van der Waals surface area contributed by atoms with E-state index in [1.54, 1.807) is 17.0 Å². The van der Waals surface area contributed by atoms with Crippen LogP contribution in [0, 0.1) is 13.8 Å². The zero-order chi connectivity index (χ0) is 21.7. The highest BCUT2D eigenvalue weighted by Crippen LogP contribution is 2.18. The van der Waals surface area contributed by atoms with Gasteiger partial charge in [-0.3, -0.25) is 4.79 Å². The molecule has 0 radical (unpaired) electrons. The van der Waals surface area contributed by atoms with Crippen LogP contribution in [-0.2, 0) is 14.8 Å². The molecule has 10 heteroatoms. The fourth-order valence-electron chi connectivity index (χ4n) is 3.34. The number of piperazine rings is 1. The van der Waals surface area contributed by atoms with Crippen LogP contribution in [0.15, 0.2) is 35.2 Å². The molecule has 1 aromatic carbocycles. The summed E-state index contributed by atoms with van der Waals surface area (Å²) in [6.07, 6.45) is 0. The molecule has 0 unspecified atom stereocenters. The Morgan fingerprint density at radius 1 is 1.13 bits per heavy atom. The molecular weight excluding hydrogens is 406 g/mol. The molecule has 0 saturated carbocycles. The second-order valence-electron chi connectivity index (χ2n) is 7.11. The molecule has 1 saturated heterocycles. The van der Waals surface area contributed by atoms with Gasteiger partial charge in [-0.05, 0) is 32.0 Å². The maximum atomic E-state index is 12.9. The summed E-state index contributed by atoms with van der Waals surface area (Å²) in [6, 6.07) is 8.06. The van der Waals surface area contributed by atoms with E-state index >= 15 is 0 Å². The van der Waals surface area contributed by atoms with Crippen molar-refractivity contribution in [2.75, 3.05) is 51.3 Å². The van der Waals surface area contributed by atoms with E-state index in [1.807, 2.05) is 19.9 Å². The van der Waals surface area contributed by atoms with Gasteiger partial charge in [0.25, 0.3) is 5.91 Å². The minimum absolute atomic E-state index is 0.0648. The SMILES string of the molecule is COCCNS(=O)(=O)c1cccc(C(=O)N2CCN(c3cc(C)nc(C)n3)CC2)c1. The largest absolute Gasteiger partial charge is 0.383 e. The third kappa shape index (κ3) is 5.32. The molecule has 0 atom stereocenters. The maximum Gasteiger partial charge on any atom is 0.254 e. The number of rotatable bonds is 7. The molecule has 162 valence electrons. The van der Waals surface area contributed by atoms with Crippen LogP contribution in [-0.4, -0.2) is 75.6 Å². The lowest BCUT2D eigenvalue weighted by Crippen LogP contribution is -2.49. The van der Waals surface area contributed by atoms with Gasteiger partial charge in [-0.1, -0.05) is 6.07 Å². The van der Waals surface area contributed by atoms with Crippen molar-refractivity contribution in [1.29, 1.82) is 0 Å². The van der Waals surface area contributed by atoms with Crippen molar-refractivity contribution in [3.05, 3.63) is 47.4 Å². The summed E-state index contributed by atoms with van der Waals surface area (Å²) in [7, 11) is -2.20. The summed E-state index contributed by atoms with van der Waals surface area (Å²) < 4.78 is 32.1. The molecule has 1 N–H and O–H groups in total. The van der Waals surface area contributed by atoms with Gasteiger partial charge in [0.05, 0.1) is 11.5 Å². The molecule has 1 aromatic heterocycles. The number of benzene rings is 1. The van der Waals surface area contributed by atoms with E-state index in [1.165, 1.54) is 19.2 Å². The summed E-state index contributed by atoms with van der Waals surface area (Å²) in [5.41, 5.74) is 1.26. The number of aryl methyl sites for hydroxylation is 2. The van der Waals surface area contributed by atoms with E-state index in [0.717, 1.165) is 17.3 Å². The molecule has 30 heavy (non-hydrogen) atoms. The number of methoxy groups -OCH3 is 1. The summed E-state index contributed by atoms with van der Waals surface area (Å²) in [5.74, 6) is 1.40. The Morgan fingerprint density at radius 2 is 1.87 bits per heavy atom. The van der Waals surface area contributed by atoms with E-state index in [-0.39, 0.29) is 24.0 Å². The van der Waals surface area contributed by atoms with Crippen molar-refractivity contribution in [2.24, 2.45) is 0 Å². The van der Waals surface area contributed by atoms with Crippen molar-refractivity contribution < 1.29 is 17.9 Å². The molecule has 0 spiro atoms. The monoisotopic (exact) mass is 433 g/mol. The third-order valence-electron chi connectivity index (χ3n) is 4.83. The Balaban J connectivity index is 1.66. The van der Waals surface area contributed by atoms with E-state index < -0.39 is 10.0 Å². The maximum absolute atomic E-state index is 12.9. The lowest BCUT2D eigenvalue weighted by Gasteiger charge is -2.35. The molecule has 0 bridgehead atoms. The van der Waals surface area contributed by atoms with Gasteiger partial charge in [0.15, 0.2) is 0 Å². The Hall–Kier alpha value is -2.56. The molecule has 1 amide bonds. The van der Waals surface area contributed by atoms with Gasteiger partial charge in [-0.2, -0.15) is 0 Å². The zero-order valence-electron chi connectivity index (χ0n) is 17.5. The molecule has 1 fully saturated rings. The Morgan fingerprint density at radius 3 is 2.53 bits per heavy atom. The van der Waals surface area contributed by atoms with Crippen LogP contribution in [0.1, 0.15) is 21.9 Å². The first kappa shape index (κ1) is 22.1. The molecule has 2 aromatic rings. The van der Waals surface area contributed by atoms with Crippen molar-refractivity contribution >= 4 is 21.7 Å². The number of carbonyl (C=O) groups is 1. The van der Waals surface area contributed by atoms with Gasteiger partial charge in [0.2, 0.25) is 10.0 Å². The first-order chi connectivity index (χ1) is 14.3. The number of ether oxygens (including phenoxy) is 1. The first-order valence-corrected chi connectivity index (χ1v) is 11.2. The molecule has 0 aliphatic carbocycles. The van der Waals surface area contributed by atoms with Crippen LogP contribution in [0.5, 0.6) is 0 Å². The van der Waals surface area contributed by atoms with E-state index in [0.29, 0.717) is 31.7 Å². The summed E-state index contributed by atoms with van der Waals surface area (Å²) in [5, 5.41) is 0. The number of sulfonamides is 1. The molecular formula is C20H27N5O4S. The summed E-state index contributed by atoms with van der Waals surface area (Å²) >= 11 is 0. The predicted octanol–water partition coefficient (Wildman–Crippen LogP) is 0.981. The van der Waals surface area contributed by atoms with Crippen LogP contribution in [0.4, 0.5) is 5.82 Å². The van der Waals surface area contributed by atoms with Gasteiger partial charge in [-0.25, -0.2) is 23.1 Å². The average molecular weight is 434 g/mol. The second kappa shape index (κ2) is 9.50. The highest BCUT2D eigenvalue weighted by atomic mass is 32.2. The fraction of sp³-hybridized carbons (Fsp3) is 0.450. The number of aromatic nitrogens is 2. The molecule has 1 aliphatic rings. The second-order valence-corrected chi connectivity index (χ2v) is 8.88. The number of hydrogen-bond donors (Lipinski definition) is 1. The summed E-state index contributed by atoms with van der Waals surface area (Å²) in [4.78, 5) is 25.7. The van der Waals surface area contributed by atoms with Crippen molar-refractivity contribution in [2.45, 2.75) is 18.7 Å². The fourth-order valence-corrected chi connectivity index (χ4v) is 4.40. The Bertz CT molecular complexity index is 984. The predicted molar refractivity (Wildman–Crippen MR) is 113 cm³/mol. The topological polar surface area (TPSA) is 105 Å². The number of nitrogens with zero attached hydrogens (tertiary/aromatic N) is 4. The number of carbonyl (C=O) groups excluding carboxylic acids is 1. The first-order valence-electron chi connectivity index (χ1n) is 9.75. The van der Waals surface area contributed by atoms with Crippen LogP contribution in [0.25, 0.3) is 0 Å². The van der Waals surface area contributed by atoms with Gasteiger partial charge in [0, 0.05) is 57.2 Å². The van der Waals surface area contributed by atoms with Crippen LogP contribution in [0.3, 0.4) is 0 Å². The van der Waals surface area contributed by atoms with Gasteiger partial charge in [-0.15, -0.1) is 0 Å². The minimum Gasteiger partial charge on any atom is -0.383 e. The molecule has 1 aliphatic heterocycles. The smallest absolute Gasteiger partial charge is 0.254 e. The molecule has 9 nitrogen and oxygen atoms in total. The van der Waals surface area contributed by atoms with Crippen molar-refractivity contribution in [3.63, 3.8) is 0 Å². The lowest BCUT2D eigenvalue weighted by molar-refractivity contribution is 0.0746. The van der Waals surface area contributed by atoms with Crippen molar-refractivity contribution in [1.82, 2.24) is 19.6 Å². The average Bonchev–Trinajstić information content (AvgIpc) is 2.73. The Kier molecular flexibility index (Phi) is 7.01. The number of nitrogens with one attached hydrogen (secondary N) is 1. The quantitative estimate of drug-likeness (QED) is 0.649. The normalized spacial score (nSPS) is 14.8. The van der Waals surface area contributed by atoms with Gasteiger partial charge in [0.1, 0.15) is 11.6 Å². The standard InChI is InChI=1S/C20H27N5O4S/c1-15-13-19(23-16(2)22-15)24-8-10-25(11-9-24)20(26)17-5-4-6-18(14-17)30(27,28)21-7-12-29-3/h4-6,13-14,21H,7-12H2,1-3H3. The van der Waals surface area contributed by atoms with Gasteiger partial charge >= 0.3 is 0 Å². The van der Waals surface area contributed by atoms with Crippen LogP contribution in [0.2, 0.25) is 0 Å². The number of hydrogen-bond acceptors (Lipinski definition) is 7. The Labute approximate surface area is 177 Å². The van der Waals surface area contributed by atoms with E-state index in [4.69, 9.17) is 4.74 Å². The minimum atomic E-state index is -3.70. The summed E-state index contributed by atoms with van der Waals surface area (Å²) in [6.45, 7) is 6.60. The van der Waals surface area contributed by atoms with E-state index in [2.05, 4.69) is 19.6 Å². The molecule has 3 rings (SSSR count). The third-order valence-corrected chi connectivity index (χ3v) is 6.29. The van der Waals surface area contributed by atoms with Gasteiger partial charge < -0.3 is 14.5 Å². The van der Waals surface area contributed by atoms with Crippen LogP contribution < -0.4 is 9.62 Å². The number of anilines is 1. The lowest BCUT2D eigenvalue weighted by atomic mass is 10.2. The molecule has 2 heterocycles. The van der Waals surface area contributed by atoms with Crippen LogP contribution >= 0.6 is 0 Å². The zero-order valence-corrected chi connectivity index (χ0v) is 18.3. The van der Waals surface area contributed by atoms with E-state index in [9.17, 15) is 13.2 Å². The highest BCUT2D eigenvalue weighted by molar-refractivity contribution is 7.89. The highest BCUT2D eigenvalue weighted by Gasteiger charge is 2.24. The number of amides is 1. The van der Waals surface area contributed by atoms with Crippen molar-refractivity contribution in [3.8, 4) is 0 Å².